The highest BCUT2D eigenvalue weighted by Gasteiger charge is 2.09. The van der Waals surface area contributed by atoms with E-state index >= 15 is 0 Å². The van der Waals surface area contributed by atoms with Crippen molar-refractivity contribution in [3.8, 4) is 0 Å². The molecular weight excluding hydrogens is 168 g/mol. The molecule has 68 valence electrons. The number of hydrogen-bond donors (Lipinski definition) is 1. The van der Waals surface area contributed by atoms with Crippen LogP contribution in [0.2, 0.25) is 0 Å². The first-order valence-electron chi connectivity index (χ1n) is 3.91. The van der Waals surface area contributed by atoms with Crippen LogP contribution in [0.5, 0.6) is 0 Å². The second-order valence-corrected chi connectivity index (χ2v) is 2.86. The van der Waals surface area contributed by atoms with Crippen molar-refractivity contribution < 1.29 is 14.7 Å². The number of benzene rings is 1. The molecule has 13 heavy (non-hydrogen) atoms. The van der Waals surface area contributed by atoms with Gasteiger partial charge in [0.05, 0.1) is 0 Å². The zero-order valence-corrected chi connectivity index (χ0v) is 7.28. The molecule has 0 spiro atoms. The summed E-state index contributed by atoms with van der Waals surface area (Å²) in [6, 6.07) is 6.91. The molecule has 0 fully saturated rings. The zero-order chi connectivity index (χ0) is 9.84. The minimum absolute atomic E-state index is 0.351. The Hall–Kier alpha value is -1.64. The average Bonchev–Trinajstić information content (AvgIpc) is 2.03. The highest BCUT2D eigenvalue weighted by atomic mass is 16.4. The van der Waals surface area contributed by atoms with Gasteiger partial charge >= 0.3 is 5.97 Å². The van der Waals surface area contributed by atoms with Crippen molar-refractivity contribution in [2.45, 2.75) is 13.3 Å². The molecule has 1 N–H and O–H groups in total. The molecular formula is C10H10O3. The average molecular weight is 178 g/mol. The highest BCUT2D eigenvalue weighted by Crippen LogP contribution is 2.06. The summed E-state index contributed by atoms with van der Waals surface area (Å²) in [5.41, 5.74) is 1.42. The Kier molecular flexibility index (Phi) is 2.80. The largest absolute Gasteiger partial charge is 0.481 e. The third-order valence-corrected chi connectivity index (χ3v) is 1.65. The predicted molar refractivity (Wildman–Crippen MR) is 47.8 cm³/mol. The van der Waals surface area contributed by atoms with Gasteiger partial charge in [0.25, 0.3) is 0 Å². The van der Waals surface area contributed by atoms with E-state index in [1.54, 1.807) is 18.2 Å². The lowest BCUT2D eigenvalue weighted by Crippen LogP contribution is -2.06. The molecule has 1 aromatic rings. The SMILES string of the molecule is Cc1cccc(C(=O)CC(=O)O)c1. The maximum absolute atomic E-state index is 11.2. The molecule has 0 aliphatic rings. The van der Waals surface area contributed by atoms with Crippen LogP contribution >= 0.6 is 0 Å². The van der Waals surface area contributed by atoms with Crippen LogP contribution < -0.4 is 0 Å². The second-order valence-electron chi connectivity index (χ2n) is 2.86. The summed E-state index contributed by atoms with van der Waals surface area (Å²) in [4.78, 5) is 21.5. The van der Waals surface area contributed by atoms with Gasteiger partial charge in [0.2, 0.25) is 0 Å². The molecule has 0 unspecified atom stereocenters. The number of ketones is 1. The molecule has 3 heteroatoms. The number of Topliss-reactive ketones (excluding diaryl/α,β-unsaturated/α-hetero) is 1. The number of carboxylic acid groups (broad SMARTS) is 1. The topological polar surface area (TPSA) is 54.4 Å². The van der Waals surface area contributed by atoms with Gasteiger partial charge in [0, 0.05) is 5.56 Å². The molecule has 0 aliphatic heterocycles. The number of carbonyl (C=O) groups is 2. The van der Waals surface area contributed by atoms with Gasteiger partial charge in [0.1, 0.15) is 6.42 Å². The van der Waals surface area contributed by atoms with Crippen molar-refractivity contribution in [1.82, 2.24) is 0 Å². The first kappa shape index (κ1) is 9.45. The van der Waals surface area contributed by atoms with Crippen LogP contribution in [-0.4, -0.2) is 16.9 Å². The van der Waals surface area contributed by atoms with Gasteiger partial charge in [-0.05, 0) is 13.0 Å². The van der Waals surface area contributed by atoms with E-state index in [-0.39, 0.29) is 5.78 Å². The smallest absolute Gasteiger partial charge is 0.311 e. The van der Waals surface area contributed by atoms with Gasteiger partial charge in [-0.25, -0.2) is 0 Å². The number of carboxylic acids is 1. The van der Waals surface area contributed by atoms with Crippen molar-refractivity contribution in [3.63, 3.8) is 0 Å². The first-order valence-corrected chi connectivity index (χ1v) is 3.91. The van der Waals surface area contributed by atoms with E-state index in [1.807, 2.05) is 13.0 Å². The van der Waals surface area contributed by atoms with Gasteiger partial charge in [-0.1, -0.05) is 23.8 Å². The number of carbonyl (C=O) groups excluding carboxylic acids is 1. The minimum atomic E-state index is -1.09. The van der Waals surface area contributed by atoms with Crippen molar-refractivity contribution in [2.75, 3.05) is 0 Å². The maximum Gasteiger partial charge on any atom is 0.311 e. The molecule has 0 atom stereocenters. The fourth-order valence-electron chi connectivity index (χ4n) is 1.06. The fraction of sp³-hybridized carbons (Fsp3) is 0.200. The van der Waals surface area contributed by atoms with Crippen LogP contribution in [0.25, 0.3) is 0 Å². The van der Waals surface area contributed by atoms with Gasteiger partial charge in [0.15, 0.2) is 5.78 Å². The van der Waals surface area contributed by atoms with E-state index in [9.17, 15) is 9.59 Å². The molecule has 0 saturated carbocycles. The lowest BCUT2D eigenvalue weighted by Gasteiger charge is -1.98. The third kappa shape index (κ3) is 2.71. The quantitative estimate of drug-likeness (QED) is 0.565. The summed E-state index contributed by atoms with van der Waals surface area (Å²) in [7, 11) is 0. The van der Waals surface area contributed by atoms with E-state index in [0.29, 0.717) is 5.56 Å². The molecule has 0 heterocycles. The standard InChI is InChI=1S/C10H10O3/c1-7-3-2-4-8(5-7)9(11)6-10(12)13/h2-5H,6H2,1H3,(H,12,13). The third-order valence-electron chi connectivity index (χ3n) is 1.65. The van der Waals surface area contributed by atoms with Gasteiger partial charge in [-0.3, -0.25) is 9.59 Å². The van der Waals surface area contributed by atoms with Crippen LogP contribution in [0, 0.1) is 6.92 Å². The van der Waals surface area contributed by atoms with Gasteiger partial charge in [-0.2, -0.15) is 0 Å². The highest BCUT2D eigenvalue weighted by molar-refractivity contribution is 6.05. The zero-order valence-electron chi connectivity index (χ0n) is 7.28. The van der Waals surface area contributed by atoms with Gasteiger partial charge in [-0.15, -0.1) is 0 Å². The van der Waals surface area contributed by atoms with Crippen LogP contribution in [0.4, 0.5) is 0 Å². The Morgan fingerprint density at radius 3 is 2.62 bits per heavy atom. The maximum atomic E-state index is 11.2. The number of aryl methyl sites for hydroxylation is 1. The van der Waals surface area contributed by atoms with Crippen LogP contribution in [-0.2, 0) is 4.79 Å². The number of hydrogen-bond acceptors (Lipinski definition) is 2. The van der Waals surface area contributed by atoms with E-state index in [4.69, 9.17) is 5.11 Å². The monoisotopic (exact) mass is 178 g/mol. The fourth-order valence-corrected chi connectivity index (χ4v) is 1.06. The number of rotatable bonds is 3. The molecule has 3 nitrogen and oxygen atoms in total. The van der Waals surface area contributed by atoms with Crippen molar-refractivity contribution in [1.29, 1.82) is 0 Å². The van der Waals surface area contributed by atoms with E-state index in [0.717, 1.165) is 5.56 Å². The molecule has 0 aliphatic carbocycles. The predicted octanol–water partition coefficient (Wildman–Crippen LogP) is 1.65. The summed E-state index contributed by atoms with van der Waals surface area (Å²) in [5.74, 6) is -1.44. The summed E-state index contributed by atoms with van der Waals surface area (Å²) in [6.45, 7) is 1.86. The molecule has 0 radical (unpaired) electrons. The molecule has 0 aromatic heterocycles. The van der Waals surface area contributed by atoms with Crippen LogP contribution in [0.1, 0.15) is 22.3 Å². The lowest BCUT2D eigenvalue weighted by atomic mass is 10.1. The molecule has 1 aromatic carbocycles. The van der Waals surface area contributed by atoms with Crippen molar-refractivity contribution >= 4 is 11.8 Å². The summed E-state index contributed by atoms with van der Waals surface area (Å²) >= 11 is 0. The van der Waals surface area contributed by atoms with Crippen molar-refractivity contribution in [3.05, 3.63) is 35.4 Å². The second kappa shape index (κ2) is 3.85. The summed E-state index contributed by atoms with van der Waals surface area (Å²) in [6.07, 6.45) is -0.441. The summed E-state index contributed by atoms with van der Waals surface area (Å²) in [5, 5.41) is 8.39. The lowest BCUT2D eigenvalue weighted by molar-refractivity contribution is -0.135. The normalized spacial score (nSPS) is 9.62. The van der Waals surface area contributed by atoms with Crippen LogP contribution in [0.15, 0.2) is 24.3 Å². The van der Waals surface area contributed by atoms with Gasteiger partial charge < -0.3 is 5.11 Å². The van der Waals surface area contributed by atoms with E-state index in [1.165, 1.54) is 0 Å². The Morgan fingerprint density at radius 1 is 1.38 bits per heavy atom. The Balaban J connectivity index is 2.83. The van der Waals surface area contributed by atoms with E-state index < -0.39 is 12.4 Å². The van der Waals surface area contributed by atoms with Crippen LogP contribution in [0.3, 0.4) is 0 Å². The molecule has 1 rings (SSSR count). The Morgan fingerprint density at radius 2 is 2.08 bits per heavy atom. The first-order chi connectivity index (χ1) is 6.09. The van der Waals surface area contributed by atoms with E-state index in [2.05, 4.69) is 0 Å². The van der Waals surface area contributed by atoms with Crippen molar-refractivity contribution in [2.24, 2.45) is 0 Å². The molecule has 0 saturated heterocycles. The Labute approximate surface area is 76.0 Å². The Bertz CT molecular complexity index is 342. The molecule has 0 amide bonds. The minimum Gasteiger partial charge on any atom is -0.481 e. The number of aliphatic carboxylic acids is 1. The summed E-state index contributed by atoms with van der Waals surface area (Å²) < 4.78 is 0. The molecule has 0 bridgehead atoms.